The molecule has 1 aromatic heterocycles. The van der Waals surface area contributed by atoms with Crippen LogP contribution in [-0.2, 0) is 11.8 Å². The number of ether oxygens (including phenoxy) is 1. The topological polar surface area (TPSA) is 69.0 Å². The number of amides is 1. The van der Waals surface area contributed by atoms with Crippen LogP contribution in [0, 0.1) is 5.82 Å². The zero-order valence-corrected chi connectivity index (χ0v) is 16.1. The minimum Gasteiger partial charge on any atom is -0.497 e. The third-order valence-corrected chi connectivity index (χ3v) is 5.03. The minimum atomic E-state index is -0.533. The Balaban J connectivity index is 1.63. The van der Waals surface area contributed by atoms with Crippen LogP contribution in [0.1, 0.15) is 0 Å². The van der Waals surface area contributed by atoms with Crippen molar-refractivity contribution in [1.29, 1.82) is 0 Å². The third kappa shape index (κ3) is 4.58. The Labute approximate surface area is 164 Å². The smallest absolute Gasteiger partial charge is 0.234 e. The number of thioether (sulfide) groups is 1. The molecule has 1 amide bonds. The van der Waals surface area contributed by atoms with Crippen molar-refractivity contribution in [3.63, 3.8) is 0 Å². The van der Waals surface area contributed by atoms with E-state index in [1.54, 1.807) is 7.11 Å². The normalized spacial score (nSPS) is 10.7. The van der Waals surface area contributed by atoms with Crippen LogP contribution in [0.25, 0.3) is 11.4 Å². The van der Waals surface area contributed by atoms with Crippen molar-refractivity contribution in [3.05, 3.63) is 53.3 Å². The number of aromatic nitrogens is 3. The van der Waals surface area contributed by atoms with Crippen molar-refractivity contribution in [3.8, 4) is 17.1 Å². The molecule has 0 aliphatic carbocycles. The van der Waals surface area contributed by atoms with Gasteiger partial charge in [0, 0.05) is 18.3 Å². The standard InChI is InChI=1S/C18H16ClFN4O2S/c1-24-17(11-3-6-13(26-2)7-4-11)22-23-18(24)27-10-16(25)21-12-5-8-15(20)14(19)9-12/h3-9H,10H2,1-2H3,(H,21,25). The number of hydrogen-bond acceptors (Lipinski definition) is 5. The van der Waals surface area contributed by atoms with Crippen LogP contribution in [0.3, 0.4) is 0 Å². The minimum absolute atomic E-state index is 0.0436. The molecule has 0 aliphatic rings. The first-order chi connectivity index (χ1) is 13.0. The maximum atomic E-state index is 13.2. The zero-order valence-electron chi connectivity index (χ0n) is 14.6. The Morgan fingerprint density at radius 2 is 2.00 bits per heavy atom. The zero-order chi connectivity index (χ0) is 19.4. The molecule has 0 fully saturated rings. The maximum absolute atomic E-state index is 13.2. The van der Waals surface area contributed by atoms with Gasteiger partial charge in [0.25, 0.3) is 0 Å². The quantitative estimate of drug-likeness (QED) is 0.626. The SMILES string of the molecule is COc1ccc(-c2nnc(SCC(=O)Nc3ccc(F)c(Cl)c3)n2C)cc1. The predicted octanol–water partition coefficient (Wildman–Crippen LogP) is 4.01. The van der Waals surface area contributed by atoms with Crippen LogP contribution in [0.4, 0.5) is 10.1 Å². The number of anilines is 1. The van der Waals surface area contributed by atoms with E-state index in [2.05, 4.69) is 15.5 Å². The van der Waals surface area contributed by atoms with Crippen molar-refractivity contribution < 1.29 is 13.9 Å². The van der Waals surface area contributed by atoms with Crippen LogP contribution >= 0.6 is 23.4 Å². The maximum Gasteiger partial charge on any atom is 0.234 e. The molecule has 1 heterocycles. The van der Waals surface area contributed by atoms with Gasteiger partial charge in [0.1, 0.15) is 11.6 Å². The van der Waals surface area contributed by atoms with E-state index in [0.717, 1.165) is 11.3 Å². The second-order valence-electron chi connectivity index (χ2n) is 5.56. The molecular weight excluding hydrogens is 391 g/mol. The molecule has 0 atom stereocenters. The highest BCUT2D eigenvalue weighted by Gasteiger charge is 2.13. The Kier molecular flexibility index (Phi) is 5.98. The highest BCUT2D eigenvalue weighted by Crippen LogP contribution is 2.25. The van der Waals surface area contributed by atoms with Crippen LogP contribution in [0.5, 0.6) is 5.75 Å². The Morgan fingerprint density at radius 3 is 2.67 bits per heavy atom. The number of carbonyl (C=O) groups is 1. The summed E-state index contributed by atoms with van der Waals surface area (Å²) in [4.78, 5) is 12.1. The molecule has 3 rings (SSSR count). The van der Waals surface area contributed by atoms with E-state index >= 15 is 0 Å². The largest absolute Gasteiger partial charge is 0.497 e. The number of rotatable bonds is 6. The van der Waals surface area contributed by atoms with E-state index in [1.807, 2.05) is 35.9 Å². The summed E-state index contributed by atoms with van der Waals surface area (Å²) in [7, 11) is 3.44. The molecule has 0 aliphatic heterocycles. The van der Waals surface area contributed by atoms with Gasteiger partial charge in [-0.3, -0.25) is 4.79 Å². The molecule has 140 valence electrons. The molecule has 3 aromatic rings. The van der Waals surface area contributed by atoms with E-state index in [1.165, 1.54) is 30.0 Å². The molecule has 0 spiro atoms. The fourth-order valence-electron chi connectivity index (χ4n) is 2.33. The summed E-state index contributed by atoms with van der Waals surface area (Å²) in [6, 6.07) is 11.5. The summed E-state index contributed by atoms with van der Waals surface area (Å²) >= 11 is 6.96. The number of benzene rings is 2. The fraction of sp³-hybridized carbons (Fsp3) is 0.167. The van der Waals surface area contributed by atoms with Crippen LogP contribution in [0.2, 0.25) is 5.02 Å². The molecular formula is C18H16ClFN4O2S. The van der Waals surface area contributed by atoms with Gasteiger partial charge in [-0.1, -0.05) is 23.4 Å². The van der Waals surface area contributed by atoms with Crippen LogP contribution < -0.4 is 10.1 Å². The van der Waals surface area contributed by atoms with Crippen molar-refractivity contribution in [2.24, 2.45) is 7.05 Å². The van der Waals surface area contributed by atoms with E-state index in [-0.39, 0.29) is 16.7 Å². The lowest BCUT2D eigenvalue weighted by Gasteiger charge is -2.07. The first-order valence-electron chi connectivity index (χ1n) is 7.89. The first kappa shape index (κ1) is 19.2. The van der Waals surface area contributed by atoms with Crippen molar-refractivity contribution >= 4 is 35.0 Å². The molecule has 0 bridgehead atoms. The fourth-order valence-corrected chi connectivity index (χ4v) is 3.22. The summed E-state index contributed by atoms with van der Waals surface area (Å²) in [5, 5.41) is 11.5. The average molecular weight is 407 g/mol. The molecule has 0 radical (unpaired) electrons. The summed E-state index contributed by atoms with van der Waals surface area (Å²) in [5.74, 6) is 0.786. The van der Waals surface area contributed by atoms with Gasteiger partial charge >= 0.3 is 0 Å². The van der Waals surface area contributed by atoms with Crippen molar-refractivity contribution in [2.45, 2.75) is 5.16 Å². The number of nitrogens with one attached hydrogen (secondary N) is 1. The summed E-state index contributed by atoms with van der Waals surface area (Å²) in [5.41, 5.74) is 1.33. The number of nitrogens with zero attached hydrogens (tertiary/aromatic N) is 3. The predicted molar refractivity (Wildman–Crippen MR) is 104 cm³/mol. The molecule has 6 nitrogen and oxygen atoms in total. The summed E-state index contributed by atoms with van der Waals surface area (Å²) in [6.45, 7) is 0. The molecule has 0 unspecified atom stereocenters. The van der Waals surface area contributed by atoms with Gasteiger partial charge in [-0.05, 0) is 42.5 Å². The van der Waals surface area contributed by atoms with Crippen molar-refractivity contribution in [1.82, 2.24) is 14.8 Å². The summed E-state index contributed by atoms with van der Waals surface area (Å²) < 4.78 is 20.1. The van der Waals surface area contributed by atoms with Gasteiger partial charge < -0.3 is 14.6 Å². The number of hydrogen-bond donors (Lipinski definition) is 1. The molecule has 2 aromatic carbocycles. The van der Waals surface area contributed by atoms with Crippen LogP contribution in [-0.4, -0.2) is 33.5 Å². The lowest BCUT2D eigenvalue weighted by molar-refractivity contribution is -0.113. The number of halogens is 2. The lowest BCUT2D eigenvalue weighted by Crippen LogP contribution is -2.14. The average Bonchev–Trinajstić information content (AvgIpc) is 3.03. The monoisotopic (exact) mass is 406 g/mol. The molecule has 0 saturated heterocycles. The molecule has 1 N–H and O–H groups in total. The van der Waals surface area contributed by atoms with Gasteiger partial charge in [-0.2, -0.15) is 0 Å². The van der Waals surface area contributed by atoms with E-state index in [9.17, 15) is 9.18 Å². The number of carbonyl (C=O) groups excluding carboxylic acids is 1. The van der Waals surface area contributed by atoms with Crippen LogP contribution in [0.15, 0.2) is 47.6 Å². The van der Waals surface area contributed by atoms with Gasteiger partial charge in [0.2, 0.25) is 5.91 Å². The Bertz CT molecular complexity index is 962. The van der Waals surface area contributed by atoms with Gasteiger partial charge in [0.05, 0.1) is 17.9 Å². The first-order valence-corrected chi connectivity index (χ1v) is 9.26. The van der Waals surface area contributed by atoms with Gasteiger partial charge in [-0.25, -0.2) is 4.39 Å². The lowest BCUT2D eigenvalue weighted by atomic mass is 10.2. The molecule has 27 heavy (non-hydrogen) atoms. The van der Waals surface area contributed by atoms with E-state index in [4.69, 9.17) is 16.3 Å². The highest BCUT2D eigenvalue weighted by molar-refractivity contribution is 7.99. The Morgan fingerprint density at radius 1 is 1.26 bits per heavy atom. The van der Waals surface area contributed by atoms with E-state index < -0.39 is 5.82 Å². The molecule has 9 heteroatoms. The van der Waals surface area contributed by atoms with E-state index in [0.29, 0.717) is 16.7 Å². The van der Waals surface area contributed by atoms with Crippen molar-refractivity contribution in [2.75, 3.05) is 18.2 Å². The highest BCUT2D eigenvalue weighted by atomic mass is 35.5. The van der Waals surface area contributed by atoms with Gasteiger partial charge in [-0.15, -0.1) is 10.2 Å². The second kappa shape index (κ2) is 8.41. The third-order valence-electron chi connectivity index (χ3n) is 3.72. The number of methoxy groups -OCH3 is 1. The molecule has 0 saturated carbocycles. The Hall–Kier alpha value is -2.58. The summed E-state index contributed by atoms with van der Waals surface area (Å²) in [6.07, 6.45) is 0. The van der Waals surface area contributed by atoms with Gasteiger partial charge in [0.15, 0.2) is 11.0 Å². The second-order valence-corrected chi connectivity index (χ2v) is 6.91.